The van der Waals surface area contributed by atoms with Crippen molar-refractivity contribution in [2.75, 3.05) is 46.5 Å². The van der Waals surface area contributed by atoms with E-state index >= 15 is 0 Å². The number of morpholine rings is 1. The number of ketones is 1. The third-order valence-corrected chi connectivity index (χ3v) is 7.65. The molecule has 32 heavy (non-hydrogen) atoms. The number of benzene rings is 1. The van der Waals surface area contributed by atoms with Crippen LogP contribution in [0.3, 0.4) is 0 Å². The van der Waals surface area contributed by atoms with E-state index in [0.717, 1.165) is 42.5 Å². The van der Waals surface area contributed by atoms with Gasteiger partial charge in [0.1, 0.15) is 6.10 Å². The molecule has 1 aromatic carbocycles. The summed E-state index contributed by atoms with van der Waals surface area (Å²) in [6.45, 7) is 4.42. The Labute approximate surface area is 196 Å². The lowest BCUT2D eigenvalue weighted by Gasteiger charge is -2.38. The lowest BCUT2D eigenvalue weighted by molar-refractivity contribution is -0.138. The van der Waals surface area contributed by atoms with E-state index in [1.165, 1.54) is 0 Å². The molecule has 0 spiro atoms. The van der Waals surface area contributed by atoms with Crippen molar-refractivity contribution in [1.29, 1.82) is 0 Å². The van der Waals surface area contributed by atoms with Gasteiger partial charge in [-0.3, -0.25) is 14.5 Å². The van der Waals surface area contributed by atoms with E-state index < -0.39 is 6.04 Å². The molecule has 0 N–H and O–H groups in total. The van der Waals surface area contributed by atoms with Gasteiger partial charge in [-0.15, -0.1) is 0 Å². The second-order valence-corrected chi connectivity index (χ2v) is 9.87. The van der Waals surface area contributed by atoms with Crippen LogP contribution in [-0.4, -0.2) is 80.2 Å². The number of carbonyl (C=O) groups excluding carboxylic acids is 2. The van der Waals surface area contributed by atoms with Crippen molar-refractivity contribution in [2.45, 2.75) is 37.5 Å². The Balaban J connectivity index is 1.46. The smallest absolute Gasteiger partial charge is 0.290 e. The van der Waals surface area contributed by atoms with E-state index in [0.29, 0.717) is 31.8 Å². The number of halogens is 1. The van der Waals surface area contributed by atoms with Gasteiger partial charge in [0.05, 0.1) is 36.9 Å². The Morgan fingerprint density at radius 3 is 2.72 bits per heavy atom. The Kier molecular flexibility index (Phi) is 6.38. The van der Waals surface area contributed by atoms with Crippen LogP contribution in [0.2, 0.25) is 0 Å². The standard InChI is InChI=1S/C24H29BrN2O5/c1-30-17-5-6-18-19(14-17)32-23-20(22(18)28)21(15-3-2-4-16(25)13-15)27(24(23)29)8-7-26-9-11-31-12-10-26/h2-4,13,17-19,21H,5-12,14H2,1H3. The second-order valence-electron chi connectivity index (χ2n) is 8.95. The minimum atomic E-state index is -0.412. The molecule has 4 aliphatic rings. The Hall–Kier alpha value is -1.74. The van der Waals surface area contributed by atoms with Crippen LogP contribution in [0, 0.1) is 5.92 Å². The average Bonchev–Trinajstić information content (AvgIpc) is 3.10. The molecule has 0 radical (unpaired) electrons. The lowest BCUT2D eigenvalue weighted by atomic mass is 9.76. The topological polar surface area (TPSA) is 68.3 Å². The number of ether oxygens (including phenoxy) is 3. The molecule has 1 saturated heterocycles. The highest BCUT2D eigenvalue weighted by atomic mass is 79.9. The fourth-order valence-corrected chi connectivity index (χ4v) is 5.84. The Morgan fingerprint density at radius 2 is 1.97 bits per heavy atom. The predicted molar refractivity (Wildman–Crippen MR) is 121 cm³/mol. The summed E-state index contributed by atoms with van der Waals surface area (Å²) in [6, 6.07) is 7.47. The van der Waals surface area contributed by atoms with Crippen LogP contribution in [0.5, 0.6) is 0 Å². The van der Waals surface area contributed by atoms with Gasteiger partial charge >= 0.3 is 0 Å². The highest BCUT2D eigenvalue weighted by Crippen LogP contribution is 2.47. The zero-order valence-electron chi connectivity index (χ0n) is 18.3. The summed E-state index contributed by atoms with van der Waals surface area (Å²) in [6.07, 6.45) is 2.00. The van der Waals surface area contributed by atoms with E-state index in [4.69, 9.17) is 14.2 Å². The average molecular weight is 505 g/mol. The van der Waals surface area contributed by atoms with Crippen LogP contribution in [0.4, 0.5) is 0 Å². The van der Waals surface area contributed by atoms with Crippen molar-refractivity contribution >= 4 is 27.6 Å². The summed E-state index contributed by atoms with van der Waals surface area (Å²) in [4.78, 5) is 31.4. The SMILES string of the molecule is COC1CCC2C(=O)C3=C(OC2C1)C(=O)N(CCN1CCOCC1)C3c1cccc(Br)c1. The monoisotopic (exact) mass is 504 g/mol. The zero-order chi connectivity index (χ0) is 22.2. The van der Waals surface area contributed by atoms with Crippen molar-refractivity contribution in [2.24, 2.45) is 5.92 Å². The summed E-state index contributed by atoms with van der Waals surface area (Å²) < 4.78 is 18.2. The summed E-state index contributed by atoms with van der Waals surface area (Å²) in [5.41, 5.74) is 1.47. The van der Waals surface area contributed by atoms with Gasteiger partial charge in [-0.25, -0.2) is 0 Å². The fraction of sp³-hybridized carbons (Fsp3) is 0.583. The summed E-state index contributed by atoms with van der Waals surface area (Å²) in [5.74, 6) is -0.0654. The lowest BCUT2D eigenvalue weighted by Crippen LogP contribution is -2.43. The quantitative estimate of drug-likeness (QED) is 0.613. The van der Waals surface area contributed by atoms with Gasteiger partial charge in [-0.2, -0.15) is 0 Å². The van der Waals surface area contributed by atoms with Crippen molar-refractivity contribution < 1.29 is 23.8 Å². The first kappa shape index (κ1) is 22.1. The first-order chi connectivity index (χ1) is 15.6. The van der Waals surface area contributed by atoms with Crippen LogP contribution >= 0.6 is 15.9 Å². The molecule has 8 heteroatoms. The number of rotatable bonds is 5. The van der Waals surface area contributed by atoms with Crippen molar-refractivity contribution in [1.82, 2.24) is 9.80 Å². The summed E-state index contributed by atoms with van der Waals surface area (Å²) >= 11 is 3.55. The zero-order valence-corrected chi connectivity index (χ0v) is 19.9. The predicted octanol–water partition coefficient (Wildman–Crippen LogP) is 2.70. The van der Waals surface area contributed by atoms with Gasteiger partial charge in [0.25, 0.3) is 5.91 Å². The van der Waals surface area contributed by atoms with Crippen molar-refractivity contribution in [3.05, 3.63) is 45.6 Å². The minimum Gasteiger partial charge on any atom is -0.483 e. The molecule has 1 aliphatic carbocycles. The highest BCUT2D eigenvalue weighted by Gasteiger charge is 2.52. The van der Waals surface area contributed by atoms with E-state index in [-0.39, 0.29) is 35.6 Å². The molecule has 3 heterocycles. The number of nitrogens with zero attached hydrogens (tertiary/aromatic N) is 2. The maximum absolute atomic E-state index is 13.7. The van der Waals surface area contributed by atoms with Crippen LogP contribution < -0.4 is 0 Å². The largest absolute Gasteiger partial charge is 0.483 e. The number of amides is 1. The molecule has 2 fully saturated rings. The molecule has 1 aromatic rings. The molecule has 172 valence electrons. The molecule has 4 atom stereocenters. The molecule has 1 amide bonds. The molecule has 7 nitrogen and oxygen atoms in total. The number of Topliss-reactive ketones (excluding diaryl/α,β-unsaturated/α-hetero) is 1. The minimum absolute atomic E-state index is 0.0676. The molecule has 0 bridgehead atoms. The number of fused-ring (bicyclic) bond motifs is 1. The van der Waals surface area contributed by atoms with Crippen LogP contribution in [0.1, 0.15) is 30.9 Å². The second kappa shape index (κ2) is 9.25. The van der Waals surface area contributed by atoms with E-state index in [1.54, 1.807) is 7.11 Å². The van der Waals surface area contributed by atoms with E-state index in [1.807, 2.05) is 29.2 Å². The molecule has 4 unspecified atom stereocenters. The summed E-state index contributed by atoms with van der Waals surface area (Å²) in [7, 11) is 1.69. The number of methoxy groups -OCH3 is 1. The Bertz CT molecular complexity index is 929. The van der Waals surface area contributed by atoms with Crippen LogP contribution in [0.15, 0.2) is 40.1 Å². The van der Waals surface area contributed by atoms with Gasteiger partial charge in [-0.1, -0.05) is 28.1 Å². The summed E-state index contributed by atoms with van der Waals surface area (Å²) in [5, 5.41) is 0. The molecule has 3 aliphatic heterocycles. The van der Waals surface area contributed by atoms with Gasteiger partial charge < -0.3 is 19.1 Å². The third kappa shape index (κ3) is 4.02. The van der Waals surface area contributed by atoms with Crippen molar-refractivity contribution in [3.63, 3.8) is 0 Å². The maximum Gasteiger partial charge on any atom is 0.290 e. The van der Waals surface area contributed by atoms with Gasteiger partial charge in [0.15, 0.2) is 11.5 Å². The van der Waals surface area contributed by atoms with E-state index in [9.17, 15) is 9.59 Å². The molecule has 5 rings (SSSR count). The van der Waals surface area contributed by atoms with Crippen molar-refractivity contribution in [3.8, 4) is 0 Å². The Morgan fingerprint density at radius 1 is 1.16 bits per heavy atom. The number of hydrogen-bond donors (Lipinski definition) is 0. The molecule has 1 saturated carbocycles. The molecular weight excluding hydrogens is 476 g/mol. The van der Waals surface area contributed by atoms with E-state index in [2.05, 4.69) is 20.8 Å². The fourth-order valence-electron chi connectivity index (χ4n) is 5.42. The number of hydrogen-bond acceptors (Lipinski definition) is 6. The first-order valence-electron chi connectivity index (χ1n) is 11.4. The molecular formula is C24H29BrN2O5. The van der Waals surface area contributed by atoms with Crippen LogP contribution in [-0.2, 0) is 23.8 Å². The van der Waals surface area contributed by atoms with Gasteiger partial charge in [0, 0.05) is 44.2 Å². The third-order valence-electron chi connectivity index (χ3n) is 7.16. The normalized spacial score (nSPS) is 30.9. The van der Waals surface area contributed by atoms with Gasteiger partial charge in [-0.05, 0) is 30.5 Å². The maximum atomic E-state index is 13.7. The van der Waals surface area contributed by atoms with Crippen LogP contribution in [0.25, 0.3) is 0 Å². The van der Waals surface area contributed by atoms with Gasteiger partial charge in [0.2, 0.25) is 0 Å². The highest BCUT2D eigenvalue weighted by molar-refractivity contribution is 9.10. The first-order valence-corrected chi connectivity index (χ1v) is 12.2. The molecule has 0 aromatic heterocycles. The number of carbonyl (C=O) groups is 2.